The van der Waals surface area contributed by atoms with Crippen LogP contribution in [0.25, 0.3) is 10.1 Å². The number of hydrogen-bond acceptors (Lipinski definition) is 4. The number of methoxy groups -OCH3 is 1. The summed E-state index contributed by atoms with van der Waals surface area (Å²) in [6.45, 7) is 1.70. The van der Waals surface area contributed by atoms with E-state index in [1.165, 1.54) is 17.4 Å². The average molecular weight is 373 g/mol. The monoisotopic (exact) mass is 372 g/mol. The highest BCUT2D eigenvalue weighted by Crippen LogP contribution is 2.35. The van der Waals surface area contributed by atoms with Gasteiger partial charge in [-0.1, -0.05) is 6.07 Å². The highest BCUT2D eigenvalue weighted by atomic mass is 35.5. The molecule has 1 aliphatic rings. The molecule has 0 aliphatic carbocycles. The highest BCUT2D eigenvalue weighted by molar-refractivity contribution is 7.21. The fourth-order valence-electron chi connectivity index (χ4n) is 3.14. The van der Waals surface area contributed by atoms with Crippen LogP contribution in [-0.4, -0.2) is 44.1 Å². The van der Waals surface area contributed by atoms with Crippen molar-refractivity contribution in [3.8, 4) is 0 Å². The lowest BCUT2D eigenvalue weighted by Gasteiger charge is -2.31. The minimum atomic E-state index is -0.293. The first-order valence-corrected chi connectivity index (χ1v) is 8.62. The fraction of sp³-hybridized carbons (Fsp3) is 0.471. The van der Waals surface area contributed by atoms with Crippen molar-refractivity contribution in [3.05, 3.63) is 34.5 Å². The van der Waals surface area contributed by atoms with Gasteiger partial charge in [-0.15, -0.1) is 23.7 Å². The Labute approximate surface area is 151 Å². The summed E-state index contributed by atoms with van der Waals surface area (Å²) < 4.78 is 20.2. The number of rotatable bonds is 4. The maximum atomic E-state index is 14.2. The average Bonchev–Trinajstić information content (AvgIpc) is 2.95. The lowest BCUT2D eigenvalue weighted by molar-refractivity contribution is 0.0708. The maximum Gasteiger partial charge on any atom is 0.264 e. The van der Waals surface area contributed by atoms with Crippen molar-refractivity contribution in [1.82, 2.24) is 10.2 Å². The Morgan fingerprint density at radius 1 is 1.42 bits per heavy atom. The van der Waals surface area contributed by atoms with Gasteiger partial charge in [-0.05, 0) is 32.0 Å². The van der Waals surface area contributed by atoms with Crippen molar-refractivity contribution in [2.45, 2.75) is 25.5 Å². The van der Waals surface area contributed by atoms with Crippen molar-refractivity contribution in [2.75, 3.05) is 27.2 Å². The largest absolute Gasteiger partial charge is 0.380 e. The summed E-state index contributed by atoms with van der Waals surface area (Å²) in [4.78, 5) is 15.4. The molecule has 4 nitrogen and oxygen atoms in total. The number of carbonyl (C=O) groups is 1. The number of amides is 1. The number of benzene rings is 1. The smallest absolute Gasteiger partial charge is 0.264 e. The fourth-order valence-corrected chi connectivity index (χ4v) is 4.33. The highest BCUT2D eigenvalue weighted by Gasteiger charge is 2.27. The number of hydrogen-bond donors (Lipinski definition) is 1. The third kappa shape index (κ3) is 3.57. The first kappa shape index (κ1) is 19.1. The molecule has 2 aromatic rings. The van der Waals surface area contributed by atoms with Gasteiger partial charge in [-0.3, -0.25) is 4.79 Å². The van der Waals surface area contributed by atoms with Crippen LogP contribution in [-0.2, 0) is 11.3 Å². The second-order valence-electron chi connectivity index (χ2n) is 5.81. The van der Waals surface area contributed by atoms with Gasteiger partial charge < -0.3 is 15.0 Å². The third-order valence-corrected chi connectivity index (χ3v) is 5.62. The van der Waals surface area contributed by atoms with E-state index < -0.39 is 0 Å². The topological polar surface area (TPSA) is 41.6 Å². The van der Waals surface area contributed by atoms with Crippen LogP contribution < -0.4 is 5.32 Å². The molecule has 0 saturated carbocycles. The van der Waals surface area contributed by atoms with E-state index in [0.29, 0.717) is 21.9 Å². The predicted octanol–water partition coefficient (Wildman–Crippen LogP) is 3.43. The number of fused-ring (bicyclic) bond motifs is 1. The van der Waals surface area contributed by atoms with Crippen molar-refractivity contribution >= 4 is 39.7 Å². The van der Waals surface area contributed by atoms with Gasteiger partial charge in [0.25, 0.3) is 5.91 Å². The zero-order chi connectivity index (χ0) is 16.4. The van der Waals surface area contributed by atoms with Crippen molar-refractivity contribution in [1.29, 1.82) is 0 Å². The van der Waals surface area contributed by atoms with Crippen molar-refractivity contribution < 1.29 is 13.9 Å². The zero-order valence-electron chi connectivity index (χ0n) is 13.8. The number of likely N-dealkylation sites (tertiary alicyclic amines) is 1. The molecule has 1 N–H and O–H groups in total. The van der Waals surface area contributed by atoms with E-state index in [1.807, 2.05) is 18.0 Å². The van der Waals surface area contributed by atoms with Crippen LogP contribution in [0.4, 0.5) is 4.39 Å². The van der Waals surface area contributed by atoms with Gasteiger partial charge in [0, 0.05) is 41.9 Å². The predicted molar refractivity (Wildman–Crippen MR) is 97.7 cm³/mol. The number of ether oxygens (including phenoxy) is 1. The zero-order valence-corrected chi connectivity index (χ0v) is 15.4. The van der Waals surface area contributed by atoms with E-state index in [4.69, 9.17) is 4.74 Å². The Morgan fingerprint density at radius 2 is 2.12 bits per heavy atom. The van der Waals surface area contributed by atoms with E-state index in [9.17, 15) is 9.18 Å². The second kappa shape index (κ2) is 8.25. The summed E-state index contributed by atoms with van der Waals surface area (Å²) in [6, 6.07) is 5.43. The molecule has 0 radical (unpaired) electrons. The molecular weight excluding hydrogens is 351 g/mol. The molecule has 2 heterocycles. The van der Waals surface area contributed by atoms with Crippen LogP contribution in [0.2, 0.25) is 0 Å². The van der Waals surface area contributed by atoms with E-state index in [2.05, 4.69) is 5.32 Å². The number of nitrogens with one attached hydrogen (secondary N) is 1. The summed E-state index contributed by atoms with van der Waals surface area (Å²) >= 11 is 1.36. The summed E-state index contributed by atoms with van der Waals surface area (Å²) in [6.07, 6.45) is 1.89. The van der Waals surface area contributed by atoms with Gasteiger partial charge in [-0.25, -0.2) is 4.39 Å². The Morgan fingerprint density at radius 3 is 2.75 bits per heavy atom. The van der Waals surface area contributed by atoms with Crippen LogP contribution in [0, 0.1) is 5.82 Å². The minimum absolute atomic E-state index is 0. The van der Waals surface area contributed by atoms with E-state index in [0.717, 1.165) is 30.6 Å². The molecule has 1 aromatic heterocycles. The molecule has 0 unspecified atom stereocenters. The number of piperidine rings is 1. The summed E-state index contributed by atoms with van der Waals surface area (Å²) in [7, 11) is 3.52. The first-order valence-electron chi connectivity index (χ1n) is 7.81. The molecule has 1 aromatic carbocycles. The molecule has 0 bridgehead atoms. The molecule has 132 valence electrons. The van der Waals surface area contributed by atoms with E-state index in [-0.39, 0.29) is 30.7 Å². The molecule has 0 atom stereocenters. The maximum absolute atomic E-state index is 14.2. The SMILES string of the molecule is CNC1CCN(C(=O)c2sc3cccc(F)c3c2COC)CC1.Cl. The van der Waals surface area contributed by atoms with Gasteiger partial charge in [0.1, 0.15) is 5.82 Å². The van der Waals surface area contributed by atoms with Gasteiger partial charge in [0.15, 0.2) is 0 Å². The van der Waals surface area contributed by atoms with Gasteiger partial charge in [0.2, 0.25) is 0 Å². The molecule has 24 heavy (non-hydrogen) atoms. The third-order valence-electron chi connectivity index (χ3n) is 4.44. The van der Waals surface area contributed by atoms with E-state index in [1.54, 1.807) is 13.2 Å². The molecule has 0 spiro atoms. The van der Waals surface area contributed by atoms with Crippen molar-refractivity contribution in [3.63, 3.8) is 0 Å². The van der Waals surface area contributed by atoms with Crippen LogP contribution in [0.1, 0.15) is 28.1 Å². The quantitative estimate of drug-likeness (QED) is 0.894. The molecule has 7 heteroatoms. The van der Waals surface area contributed by atoms with Crippen molar-refractivity contribution in [2.24, 2.45) is 0 Å². The Balaban J connectivity index is 0.00000208. The minimum Gasteiger partial charge on any atom is -0.380 e. The standard InChI is InChI=1S/C17H21FN2O2S.ClH/c1-19-11-6-8-20(9-7-11)17(21)16-12(10-22-2)15-13(18)4-3-5-14(15)23-16;/h3-5,11,19H,6-10H2,1-2H3;1H. The number of thiophene rings is 1. The molecular formula is C17H22ClFN2O2S. The number of carbonyl (C=O) groups excluding carboxylic acids is 1. The first-order chi connectivity index (χ1) is 11.2. The Kier molecular flexibility index (Phi) is 6.57. The molecule has 1 aliphatic heterocycles. The van der Waals surface area contributed by atoms with Gasteiger partial charge in [0.05, 0.1) is 11.5 Å². The molecule has 1 saturated heterocycles. The summed E-state index contributed by atoms with van der Waals surface area (Å²) in [5.41, 5.74) is 0.673. The Bertz CT molecular complexity index is 714. The van der Waals surface area contributed by atoms with E-state index >= 15 is 0 Å². The number of halogens is 2. The van der Waals surface area contributed by atoms with Gasteiger partial charge in [-0.2, -0.15) is 0 Å². The number of nitrogens with zero attached hydrogens (tertiary/aromatic N) is 1. The van der Waals surface area contributed by atoms with Crippen LogP contribution in [0.3, 0.4) is 0 Å². The van der Waals surface area contributed by atoms with Gasteiger partial charge >= 0.3 is 0 Å². The summed E-state index contributed by atoms with van der Waals surface area (Å²) in [5, 5.41) is 3.78. The summed E-state index contributed by atoms with van der Waals surface area (Å²) in [5.74, 6) is -0.300. The van der Waals surface area contributed by atoms with Crippen LogP contribution in [0.5, 0.6) is 0 Å². The molecule has 1 amide bonds. The van der Waals surface area contributed by atoms with Crippen LogP contribution >= 0.6 is 23.7 Å². The normalized spacial score (nSPS) is 15.5. The lowest BCUT2D eigenvalue weighted by atomic mass is 10.0. The Hall–Kier alpha value is -1.21. The molecule has 1 fully saturated rings. The van der Waals surface area contributed by atoms with Crippen LogP contribution in [0.15, 0.2) is 18.2 Å². The lowest BCUT2D eigenvalue weighted by Crippen LogP contribution is -2.43. The molecule has 3 rings (SSSR count). The second-order valence-corrected chi connectivity index (χ2v) is 6.86.